The van der Waals surface area contributed by atoms with E-state index in [1.54, 1.807) is 31.2 Å². The van der Waals surface area contributed by atoms with Crippen LogP contribution in [0.2, 0.25) is 5.02 Å². The summed E-state index contributed by atoms with van der Waals surface area (Å²) in [6, 6.07) is 6.24. The van der Waals surface area contributed by atoms with E-state index in [2.05, 4.69) is 30.5 Å². The lowest BCUT2D eigenvalue weighted by Gasteiger charge is -2.08. The first kappa shape index (κ1) is 37.7. The molecule has 1 aromatic carbocycles. The molecule has 1 N–H and O–H groups in total. The molecule has 3 aromatic rings. The van der Waals surface area contributed by atoms with E-state index < -0.39 is 22.6 Å². The van der Waals surface area contributed by atoms with Crippen LogP contribution in [-0.2, 0) is 14.8 Å². The van der Waals surface area contributed by atoms with Crippen molar-refractivity contribution in [2.45, 2.75) is 48.0 Å². The van der Waals surface area contributed by atoms with Crippen LogP contribution in [0.5, 0.6) is 11.6 Å². The van der Waals surface area contributed by atoms with E-state index in [0.717, 1.165) is 10.3 Å². The number of hydrogen-bond acceptors (Lipinski definition) is 7. The van der Waals surface area contributed by atoms with Crippen molar-refractivity contribution in [3.63, 3.8) is 0 Å². The summed E-state index contributed by atoms with van der Waals surface area (Å²) in [5.41, 5.74) is 3.13. The largest absolute Gasteiger partial charge is 0.480 e. The smallest absolute Gasteiger partial charge is 0.341 e. The van der Waals surface area contributed by atoms with Gasteiger partial charge in [0.25, 0.3) is 10.0 Å². The van der Waals surface area contributed by atoms with Gasteiger partial charge >= 0.3 is 5.97 Å². The Morgan fingerprint density at radius 1 is 1.20 bits per heavy atom. The molecular weight excluding hydrogens is 589 g/mol. The molecule has 9 nitrogen and oxygen atoms in total. The van der Waals surface area contributed by atoms with Crippen LogP contribution in [0.25, 0.3) is 22.2 Å². The van der Waals surface area contributed by atoms with Gasteiger partial charge in [0.1, 0.15) is 18.1 Å². The first-order valence-electron chi connectivity index (χ1n) is 12.8. The molecule has 0 atom stereocenters. The van der Waals surface area contributed by atoms with E-state index in [9.17, 15) is 13.2 Å². The van der Waals surface area contributed by atoms with Gasteiger partial charge in [-0.15, -0.1) is 0 Å². The second kappa shape index (κ2) is 19.7. The minimum Gasteiger partial charge on any atom is -0.480 e. The molecule has 0 fully saturated rings. The monoisotopic (exact) mass is 627 g/mol. The predicted molar refractivity (Wildman–Crippen MR) is 169 cm³/mol. The number of fused-ring (bicyclic) bond motifs is 1. The van der Waals surface area contributed by atoms with Crippen molar-refractivity contribution in [1.82, 2.24) is 14.2 Å². The predicted octanol–water partition coefficient (Wildman–Crippen LogP) is 7.65. The van der Waals surface area contributed by atoms with Gasteiger partial charge in [0.15, 0.2) is 6.61 Å². The topological polar surface area (TPSA) is 121 Å². The van der Waals surface area contributed by atoms with E-state index in [1.807, 2.05) is 32.9 Å². The van der Waals surface area contributed by atoms with Gasteiger partial charge in [0.05, 0.1) is 22.5 Å². The lowest BCUT2D eigenvalue weighted by atomic mass is 10.1. The molecule has 2 aromatic heterocycles. The third kappa shape index (κ3) is 12.4. The van der Waals surface area contributed by atoms with Crippen molar-refractivity contribution in [1.29, 1.82) is 0 Å². The number of aromatic nitrogens is 3. The van der Waals surface area contributed by atoms with Crippen LogP contribution >= 0.6 is 23.2 Å². The van der Waals surface area contributed by atoms with Gasteiger partial charge < -0.3 is 14.6 Å². The highest BCUT2D eigenvalue weighted by Gasteiger charge is 2.22. The molecule has 3 rings (SSSR count). The second-order valence-corrected chi connectivity index (χ2v) is 10.3. The summed E-state index contributed by atoms with van der Waals surface area (Å²) < 4.78 is 36.2. The molecule has 226 valence electrons. The Bertz CT molecular complexity index is 1430. The zero-order chi connectivity index (χ0) is 31.6. The van der Waals surface area contributed by atoms with Gasteiger partial charge in [-0.05, 0) is 32.0 Å². The maximum Gasteiger partial charge on any atom is 0.341 e. The Balaban J connectivity index is 0.00000140. The van der Waals surface area contributed by atoms with Crippen molar-refractivity contribution >= 4 is 50.1 Å². The number of carboxylic acids is 1. The lowest BCUT2D eigenvalue weighted by molar-refractivity contribution is -0.139. The minimum absolute atomic E-state index is 0.0627. The first-order chi connectivity index (χ1) is 19.4. The van der Waals surface area contributed by atoms with E-state index in [1.165, 1.54) is 24.1 Å². The van der Waals surface area contributed by atoms with Crippen LogP contribution in [0, 0.1) is 6.92 Å². The number of carboxylic acid groups (broad SMARTS) is 1. The fourth-order valence-electron chi connectivity index (χ4n) is 2.94. The zero-order valence-corrected chi connectivity index (χ0v) is 26.8. The Morgan fingerprint density at radius 2 is 1.83 bits per heavy atom. The normalized spacial score (nSPS) is 10.7. The van der Waals surface area contributed by atoms with Gasteiger partial charge in [-0.25, -0.2) is 18.2 Å². The van der Waals surface area contributed by atoms with Crippen LogP contribution in [0.15, 0.2) is 60.7 Å². The standard InChI is InChI=1S/C20H20ClN3O6S.C4H5Cl.C3H8.C2H6/c1-4-5-8-29-18-7-6-13(12(2)22-18)20-14-9-17(30-11-19(25)26)15(21)10-16(14)24(23-20)31(3,27)28;1-2-3-4-5;1-3-2;1-2/h4-7,9-10H,8,11H2,1-3H3,(H,25,26);2-4H,1H2;3H2,1-2H3;1-2H3/b5-4-;4-3+;;. The first-order valence-corrected chi connectivity index (χ1v) is 15.5. The fraction of sp³-hybridized carbons (Fsp3) is 0.345. The van der Waals surface area contributed by atoms with Crippen molar-refractivity contribution in [2.75, 3.05) is 19.5 Å². The number of benzene rings is 1. The maximum atomic E-state index is 12.3. The third-order valence-electron chi connectivity index (χ3n) is 4.45. The van der Waals surface area contributed by atoms with Crippen LogP contribution in [0.1, 0.15) is 46.7 Å². The average molecular weight is 629 g/mol. The van der Waals surface area contributed by atoms with Crippen molar-refractivity contribution in [3.8, 4) is 22.9 Å². The van der Waals surface area contributed by atoms with Crippen LogP contribution in [0.4, 0.5) is 0 Å². The zero-order valence-electron chi connectivity index (χ0n) is 24.5. The molecule has 41 heavy (non-hydrogen) atoms. The van der Waals surface area contributed by atoms with E-state index in [4.69, 9.17) is 37.8 Å². The van der Waals surface area contributed by atoms with Crippen LogP contribution < -0.4 is 9.47 Å². The third-order valence-corrected chi connectivity index (χ3v) is 5.80. The van der Waals surface area contributed by atoms with E-state index in [-0.39, 0.29) is 16.3 Å². The number of nitrogens with zero attached hydrogens (tertiary/aromatic N) is 3. The number of rotatable bonds is 9. The fourth-order valence-corrected chi connectivity index (χ4v) is 3.99. The Labute approximate surface area is 253 Å². The highest BCUT2D eigenvalue weighted by Crippen LogP contribution is 2.37. The highest BCUT2D eigenvalue weighted by molar-refractivity contribution is 7.89. The summed E-state index contributed by atoms with van der Waals surface area (Å²) in [4.78, 5) is 15.3. The Morgan fingerprint density at radius 3 is 2.29 bits per heavy atom. The van der Waals surface area contributed by atoms with Gasteiger partial charge in [-0.1, -0.05) is 88.2 Å². The maximum absolute atomic E-state index is 12.3. The van der Waals surface area contributed by atoms with Crippen LogP contribution in [-0.4, -0.2) is 53.1 Å². The number of halogens is 2. The van der Waals surface area contributed by atoms with E-state index >= 15 is 0 Å². The number of aliphatic carboxylic acids is 1. The number of allylic oxidation sites excluding steroid dienone is 3. The summed E-state index contributed by atoms with van der Waals surface area (Å²) in [7, 11) is -3.75. The molecule has 0 saturated heterocycles. The minimum atomic E-state index is -3.75. The molecule has 0 unspecified atom stereocenters. The molecule has 0 bridgehead atoms. The second-order valence-electron chi connectivity index (χ2n) is 7.86. The number of hydrogen-bond donors (Lipinski definition) is 1. The summed E-state index contributed by atoms with van der Waals surface area (Å²) in [6.07, 6.45) is 9.25. The lowest BCUT2D eigenvalue weighted by Crippen LogP contribution is -2.12. The molecule has 0 spiro atoms. The molecule has 0 aliphatic heterocycles. The summed E-state index contributed by atoms with van der Waals surface area (Å²) in [5.74, 6) is -0.653. The summed E-state index contributed by atoms with van der Waals surface area (Å²) in [5, 5.41) is 13.6. The van der Waals surface area contributed by atoms with Crippen LogP contribution in [0.3, 0.4) is 0 Å². The summed E-state index contributed by atoms with van der Waals surface area (Å²) in [6.45, 7) is 15.0. The summed E-state index contributed by atoms with van der Waals surface area (Å²) >= 11 is 11.2. The molecule has 0 aliphatic carbocycles. The van der Waals surface area contributed by atoms with Crippen molar-refractivity contribution in [2.24, 2.45) is 0 Å². The van der Waals surface area contributed by atoms with Crippen molar-refractivity contribution in [3.05, 3.63) is 71.4 Å². The number of carbonyl (C=O) groups is 1. The molecule has 0 saturated carbocycles. The highest BCUT2D eigenvalue weighted by atomic mass is 35.5. The van der Waals surface area contributed by atoms with Gasteiger partial charge in [0, 0.05) is 22.6 Å². The number of aryl methyl sites for hydroxylation is 1. The number of ether oxygens (including phenoxy) is 2. The molecule has 0 radical (unpaired) electrons. The van der Waals surface area contributed by atoms with Gasteiger partial charge in [-0.2, -0.15) is 9.19 Å². The van der Waals surface area contributed by atoms with E-state index in [0.29, 0.717) is 34.8 Å². The SMILES string of the molecule is C/C=C\COc1ccc(-c2nn(S(C)(=O)=O)c3cc(Cl)c(OCC(=O)O)cc23)c(C)n1.C=C/C=C/Cl.CC.CCC. The molecule has 0 amide bonds. The van der Waals surface area contributed by atoms with Crippen molar-refractivity contribution < 1.29 is 27.8 Å². The average Bonchev–Trinajstić information content (AvgIpc) is 3.28. The Kier molecular flexibility index (Phi) is 18.1. The van der Waals surface area contributed by atoms with Gasteiger partial charge in [-0.3, -0.25) is 0 Å². The molecular formula is C29H39Cl2N3O6S. The quantitative estimate of drug-likeness (QED) is 0.190. The molecule has 0 aliphatic rings. The Hall–Kier alpha value is -3.34. The molecule has 12 heteroatoms. The molecule has 2 heterocycles. The number of pyridine rings is 1. The van der Waals surface area contributed by atoms with Gasteiger partial charge in [0.2, 0.25) is 5.88 Å².